The summed E-state index contributed by atoms with van der Waals surface area (Å²) < 4.78 is 8.04. The first-order chi connectivity index (χ1) is 11.0. The molecule has 0 unspecified atom stereocenters. The van der Waals surface area contributed by atoms with Gasteiger partial charge >= 0.3 is 0 Å². The first kappa shape index (κ1) is 15.8. The number of carbonyl (C=O) groups is 1. The average Bonchev–Trinajstić information content (AvgIpc) is 3.09. The van der Waals surface area contributed by atoms with Gasteiger partial charge in [-0.15, -0.1) is 11.3 Å². The van der Waals surface area contributed by atoms with Crippen LogP contribution in [0.3, 0.4) is 0 Å². The molecule has 0 atom stereocenters. The van der Waals surface area contributed by atoms with E-state index in [2.05, 4.69) is 10.3 Å². The van der Waals surface area contributed by atoms with E-state index in [1.807, 2.05) is 30.7 Å². The summed E-state index contributed by atoms with van der Waals surface area (Å²) in [5, 5.41) is 2.92. The highest BCUT2D eigenvalue weighted by Crippen LogP contribution is 2.28. The minimum atomic E-state index is -0.153. The van der Waals surface area contributed by atoms with Crippen LogP contribution >= 0.6 is 22.9 Å². The van der Waals surface area contributed by atoms with Crippen molar-refractivity contribution in [3.63, 3.8) is 0 Å². The van der Waals surface area contributed by atoms with Gasteiger partial charge in [0.2, 0.25) is 0 Å². The fourth-order valence-electron chi connectivity index (χ4n) is 2.54. The number of imidazole rings is 1. The molecule has 1 N–H and O–H groups in total. The highest BCUT2D eigenvalue weighted by Gasteiger charge is 2.16. The van der Waals surface area contributed by atoms with Gasteiger partial charge in [0.05, 0.1) is 27.4 Å². The van der Waals surface area contributed by atoms with Crippen molar-refractivity contribution in [2.45, 2.75) is 13.5 Å². The van der Waals surface area contributed by atoms with Crippen molar-refractivity contribution in [3.05, 3.63) is 44.9 Å². The van der Waals surface area contributed by atoms with E-state index in [-0.39, 0.29) is 5.91 Å². The van der Waals surface area contributed by atoms with E-state index in [4.69, 9.17) is 16.3 Å². The maximum absolute atomic E-state index is 12.2. The Kier molecular flexibility index (Phi) is 4.28. The Labute approximate surface area is 142 Å². The maximum atomic E-state index is 12.2. The third-order valence-electron chi connectivity index (χ3n) is 3.76. The van der Waals surface area contributed by atoms with E-state index in [1.54, 1.807) is 19.2 Å². The molecule has 1 aromatic carbocycles. The lowest BCUT2D eigenvalue weighted by atomic mass is 10.1. The van der Waals surface area contributed by atoms with Crippen LogP contribution in [0, 0.1) is 6.92 Å². The zero-order chi connectivity index (χ0) is 16.6. The van der Waals surface area contributed by atoms with Crippen molar-refractivity contribution >= 4 is 39.9 Å². The number of ether oxygens (including phenoxy) is 1. The van der Waals surface area contributed by atoms with Crippen molar-refractivity contribution in [3.8, 4) is 5.75 Å². The normalized spacial score (nSPS) is 11.0. The van der Waals surface area contributed by atoms with Gasteiger partial charge in [0.25, 0.3) is 5.91 Å². The van der Waals surface area contributed by atoms with Gasteiger partial charge in [0.1, 0.15) is 11.6 Å². The molecule has 0 aliphatic carbocycles. The van der Waals surface area contributed by atoms with Gasteiger partial charge in [-0.2, -0.15) is 0 Å². The van der Waals surface area contributed by atoms with Crippen LogP contribution < -0.4 is 10.1 Å². The van der Waals surface area contributed by atoms with E-state index in [0.717, 1.165) is 28.2 Å². The van der Waals surface area contributed by atoms with Gasteiger partial charge in [-0.1, -0.05) is 11.6 Å². The van der Waals surface area contributed by atoms with Crippen molar-refractivity contribution in [2.24, 2.45) is 7.05 Å². The average molecular weight is 350 g/mol. The van der Waals surface area contributed by atoms with E-state index in [0.29, 0.717) is 15.8 Å². The van der Waals surface area contributed by atoms with E-state index >= 15 is 0 Å². The van der Waals surface area contributed by atoms with Crippen LogP contribution in [0.1, 0.15) is 21.1 Å². The van der Waals surface area contributed by atoms with Gasteiger partial charge in [0, 0.05) is 19.2 Å². The number of halogens is 1. The lowest BCUT2D eigenvalue weighted by molar-refractivity contribution is 0.0955. The highest BCUT2D eigenvalue weighted by molar-refractivity contribution is 7.17. The monoisotopic (exact) mass is 349 g/mol. The number of nitrogens with one attached hydrogen (secondary N) is 1. The van der Waals surface area contributed by atoms with Gasteiger partial charge in [-0.05, 0) is 31.2 Å². The molecule has 23 heavy (non-hydrogen) atoms. The topological polar surface area (TPSA) is 56.1 Å². The number of aryl methyl sites for hydroxylation is 2. The fraction of sp³-hybridized carbons (Fsp3) is 0.250. The molecule has 5 nitrogen and oxygen atoms in total. The number of carbonyl (C=O) groups excluding carboxylic acids is 1. The van der Waals surface area contributed by atoms with Crippen LogP contribution in [0.5, 0.6) is 5.75 Å². The predicted molar refractivity (Wildman–Crippen MR) is 92.5 cm³/mol. The molecule has 2 aromatic heterocycles. The number of benzene rings is 1. The van der Waals surface area contributed by atoms with Crippen LogP contribution in [0.4, 0.5) is 0 Å². The minimum Gasteiger partial charge on any atom is -0.496 e. The molecule has 1 amide bonds. The number of hydrogen-bond donors (Lipinski definition) is 1. The van der Waals surface area contributed by atoms with E-state index < -0.39 is 0 Å². The highest BCUT2D eigenvalue weighted by atomic mass is 35.5. The summed E-state index contributed by atoms with van der Waals surface area (Å²) in [7, 11) is 3.57. The minimum absolute atomic E-state index is 0.153. The third-order valence-corrected chi connectivity index (χ3v) is 4.99. The second-order valence-electron chi connectivity index (χ2n) is 5.12. The molecule has 0 aliphatic heterocycles. The summed E-state index contributed by atoms with van der Waals surface area (Å²) in [6.45, 7) is 2.30. The first-order valence-electron chi connectivity index (χ1n) is 7.03. The fourth-order valence-corrected chi connectivity index (χ4v) is 3.49. The maximum Gasteiger partial charge on any atom is 0.261 e. The SMILES string of the molecule is COc1ccc2nc(C)n(C)c2c1CNC(=O)c1ccc(Cl)s1. The number of methoxy groups -OCH3 is 1. The molecule has 0 fully saturated rings. The number of thiophene rings is 1. The van der Waals surface area contributed by atoms with Crippen LogP contribution in [0.15, 0.2) is 24.3 Å². The Hall–Kier alpha value is -2.05. The smallest absolute Gasteiger partial charge is 0.261 e. The third kappa shape index (κ3) is 2.92. The van der Waals surface area contributed by atoms with Gasteiger partial charge in [-0.25, -0.2) is 4.98 Å². The second-order valence-corrected chi connectivity index (χ2v) is 6.83. The Bertz CT molecular complexity index is 885. The molecular formula is C16H16ClN3O2S. The van der Waals surface area contributed by atoms with E-state index in [9.17, 15) is 4.79 Å². The van der Waals surface area contributed by atoms with E-state index in [1.165, 1.54) is 11.3 Å². The van der Waals surface area contributed by atoms with Crippen LogP contribution in [-0.2, 0) is 13.6 Å². The summed E-state index contributed by atoms with van der Waals surface area (Å²) in [5.41, 5.74) is 2.75. The standard InChI is InChI=1S/C16H16ClN3O2S/c1-9-19-11-4-5-12(22-3)10(15(11)20(9)2)8-18-16(21)13-6-7-14(17)23-13/h4-7H,8H2,1-3H3,(H,18,21). The van der Waals surface area contributed by atoms with Crippen molar-refractivity contribution in [1.29, 1.82) is 0 Å². The molecule has 3 rings (SSSR count). The summed E-state index contributed by atoms with van der Waals surface area (Å²) in [6.07, 6.45) is 0. The summed E-state index contributed by atoms with van der Waals surface area (Å²) in [5.74, 6) is 1.48. The molecule has 7 heteroatoms. The summed E-state index contributed by atoms with van der Waals surface area (Å²) >= 11 is 7.13. The molecule has 3 aromatic rings. The van der Waals surface area contributed by atoms with Gasteiger partial charge < -0.3 is 14.6 Å². The Morgan fingerprint density at radius 3 is 2.83 bits per heavy atom. The van der Waals surface area contributed by atoms with Crippen molar-refractivity contribution < 1.29 is 9.53 Å². The second kappa shape index (κ2) is 6.22. The molecule has 0 saturated heterocycles. The van der Waals surface area contributed by atoms with Crippen LogP contribution in [0.2, 0.25) is 4.34 Å². The zero-order valence-corrected chi connectivity index (χ0v) is 14.6. The Morgan fingerprint density at radius 2 is 2.17 bits per heavy atom. The van der Waals surface area contributed by atoms with Crippen LogP contribution in [-0.4, -0.2) is 22.6 Å². The summed E-state index contributed by atoms with van der Waals surface area (Å²) in [4.78, 5) is 17.3. The molecule has 0 saturated carbocycles. The molecule has 0 spiro atoms. The number of fused-ring (bicyclic) bond motifs is 1. The number of amides is 1. The lowest BCUT2D eigenvalue weighted by Gasteiger charge is -2.12. The first-order valence-corrected chi connectivity index (χ1v) is 8.23. The van der Waals surface area contributed by atoms with Crippen molar-refractivity contribution in [1.82, 2.24) is 14.9 Å². The number of nitrogens with zero attached hydrogens (tertiary/aromatic N) is 2. The largest absolute Gasteiger partial charge is 0.496 e. The Balaban J connectivity index is 1.93. The summed E-state index contributed by atoms with van der Waals surface area (Å²) in [6, 6.07) is 7.23. The number of aromatic nitrogens is 2. The molecule has 0 aliphatic rings. The van der Waals surface area contributed by atoms with Crippen molar-refractivity contribution in [2.75, 3.05) is 7.11 Å². The molecule has 0 radical (unpaired) electrons. The Morgan fingerprint density at radius 1 is 1.39 bits per heavy atom. The molecule has 0 bridgehead atoms. The van der Waals surface area contributed by atoms with Crippen LogP contribution in [0.25, 0.3) is 11.0 Å². The zero-order valence-electron chi connectivity index (χ0n) is 13.0. The molecular weight excluding hydrogens is 334 g/mol. The van der Waals surface area contributed by atoms with Gasteiger partial charge in [-0.3, -0.25) is 4.79 Å². The quantitative estimate of drug-likeness (QED) is 0.783. The predicted octanol–water partition coefficient (Wildman–Crippen LogP) is 3.54. The number of rotatable bonds is 4. The lowest BCUT2D eigenvalue weighted by Crippen LogP contribution is -2.22. The molecule has 2 heterocycles. The number of hydrogen-bond acceptors (Lipinski definition) is 4. The van der Waals surface area contributed by atoms with Gasteiger partial charge in [0.15, 0.2) is 0 Å². The molecule has 120 valence electrons.